The van der Waals surface area contributed by atoms with E-state index in [0.717, 1.165) is 19.3 Å². The third kappa shape index (κ3) is 12.2. The molecule has 10 heteroatoms. The number of unbranched alkanes of at least 4 members (excludes halogenated alkanes) is 4. The molecule has 0 aliphatic carbocycles. The van der Waals surface area contributed by atoms with Gasteiger partial charge >= 0.3 is 12.4 Å². The lowest BCUT2D eigenvalue weighted by Gasteiger charge is -2.14. The first-order chi connectivity index (χ1) is 16.2. The molecule has 0 bridgehead atoms. The number of carbonyl (C=O) groups excluding carboxylic acids is 1. The van der Waals surface area contributed by atoms with Crippen LogP contribution in [0.4, 0.5) is 30.7 Å². The van der Waals surface area contributed by atoms with Crippen LogP contribution >= 0.6 is 0 Å². The van der Waals surface area contributed by atoms with Crippen molar-refractivity contribution in [2.24, 2.45) is 5.92 Å². The van der Waals surface area contributed by atoms with E-state index in [1.807, 2.05) is 13.8 Å². The van der Waals surface area contributed by atoms with Gasteiger partial charge in [0.05, 0.1) is 17.7 Å². The first-order valence-corrected chi connectivity index (χ1v) is 11.4. The van der Waals surface area contributed by atoms with Crippen LogP contribution in [0.1, 0.15) is 69.6 Å². The van der Waals surface area contributed by atoms with E-state index in [-0.39, 0.29) is 36.3 Å². The predicted molar refractivity (Wildman–Crippen MR) is 120 cm³/mol. The van der Waals surface area contributed by atoms with Gasteiger partial charge in [0.25, 0.3) is 5.91 Å². The van der Waals surface area contributed by atoms with Gasteiger partial charge in [0.1, 0.15) is 0 Å². The third-order valence-corrected chi connectivity index (χ3v) is 4.91. The van der Waals surface area contributed by atoms with Crippen LogP contribution in [0, 0.1) is 5.92 Å². The van der Waals surface area contributed by atoms with Gasteiger partial charge in [-0.1, -0.05) is 38.8 Å². The molecule has 1 aromatic carbocycles. The molecule has 0 spiro atoms. The van der Waals surface area contributed by atoms with Crippen molar-refractivity contribution in [1.29, 1.82) is 0 Å². The fourth-order valence-electron chi connectivity index (χ4n) is 3.00. The average Bonchev–Trinajstić information content (AvgIpc) is 2.76. The van der Waals surface area contributed by atoms with E-state index >= 15 is 0 Å². The Morgan fingerprint density at radius 2 is 1.54 bits per heavy atom. The lowest BCUT2D eigenvalue weighted by molar-refractivity contribution is -0.143. The fraction of sp³-hybridized carbons (Fsp3) is 0.560. The highest BCUT2D eigenvalue weighted by molar-refractivity contribution is 5.92. The monoisotopic (exact) mass is 511 g/mol. The Balaban J connectivity index is 2.35. The molecule has 35 heavy (non-hydrogen) atoms. The number of allylic oxidation sites excluding steroid dienone is 3. The Bertz CT molecular complexity index is 839. The SMILES string of the molecule is CC(C=CCCCCCCOCc1cc(C(F)(F)F)cc(C(F)(F)F)c1)=C(F)C(=O)NCC(C)C. The zero-order valence-electron chi connectivity index (χ0n) is 20.1. The van der Waals surface area contributed by atoms with Gasteiger partial charge in [0, 0.05) is 13.2 Å². The first kappa shape index (κ1) is 30.7. The number of alkyl halides is 6. The Kier molecular flexibility index (Phi) is 12.5. The largest absolute Gasteiger partial charge is 0.416 e. The summed E-state index contributed by atoms with van der Waals surface area (Å²) < 4.78 is 96.5. The highest BCUT2D eigenvalue weighted by atomic mass is 19.4. The zero-order valence-corrected chi connectivity index (χ0v) is 20.1. The van der Waals surface area contributed by atoms with Gasteiger partial charge in [-0.05, 0) is 61.4 Å². The van der Waals surface area contributed by atoms with Crippen LogP contribution in [0.2, 0.25) is 0 Å². The Morgan fingerprint density at radius 3 is 2.09 bits per heavy atom. The van der Waals surface area contributed by atoms with Crippen molar-refractivity contribution in [1.82, 2.24) is 5.32 Å². The molecule has 0 saturated heterocycles. The molecule has 0 atom stereocenters. The first-order valence-electron chi connectivity index (χ1n) is 11.4. The molecule has 1 amide bonds. The summed E-state index contributed by atoms with van der Waals surface area (Å²) in [5.41, 5.74) is -2.67. The van der Waals surface area contributed by atoms with Gasteiger partial charge in [0.2, 0.25) is 0 Å². The lowest BCUT2D eigenvalue weighted by atomic mass is 10.1. The van der Waals surface area contributed by atoms with E-state index in [2.05, 4.69) is 5.32 Å². The number of amides is 1. The van der Waals surface area contributed by atoms with Crippen LogP contribution in [-0.2, 0) is 28.5 Å². The van der Waals surface area contributed by atoms with E-state index in [0.29, 0.717) is 31.5 Å². The molecule has 0 aromatic heterocycles. The van der Waals surface area contributed by atoms with E-state index in [4.69, 9.17) is 4.74 Å². The molecule has 1 N–H and O–H groups in total. The molecular weight excluding hydrogens is 479 g/mol. The molecule has 0 aliphatic rings. The normalized spacial score (nSPS) is 13.5. The lowest BCUT2D eigenvalue weighted by Crippen LogP contribution is -2.27. The minimum atomic E-state index is -4.88. The number of hydrogen-bond acceptors (Lipinski definition) is 2. The maximum absolute atomic E-state index is 14.0. The Morgan fingerprint density at radius 1 is 0.971 bits per heavy atom. The molecule has 0 aliphatic heterocycles. The van der Waals surface area contributed by atoms with Crippen LogP contribution in [0.25, 0.3) is 0 Å². The molecule has 198 valence electrons. The maximum atomic E-state index is 14.0. The summed E-state index contributed by atoms with van der Waals surface area (Å²) in [5.74, 6) is -1.33. The van der Waals surface area contributed by atoms with E-state index in [1.54, 1.807) is 12.2 Å². The molecule has 0 radical (unpaired) electrons. The number of benzene rings is 1. The van der Waals surface area contributed by atoms with Crippen molar-refractivity contribution in [3.05, 3.63) is 58.4 Å². The number of rotatable bonds is 13. The van der Waals surface area contributed by atoms with E-state index in [9.17, 15) is 35.5 Å². The zero-order chi connectivity index (χ0) is 26.6. The second-order valence-corrected chi connectivity index (χ2v) is 8.67. The number of hydrogen-bond donors (Lipinski definition) is 1. The van der Waals surface area contributed by atoms with Gasteiger partial charge in [-0.15, -0.1) is 0 Å². The molecule has 3 nitrogen and oxygen atoms in total. The van der Waals surface area contributed by atoms with Gasteiger partial charge in [-0.2, -0.15) is 26.3 Å². The molecular formula is C25H32F7NO2. The van der Waals surface area contributed by atoms with Gasteiger partial charge < -0.3 is 10.1 Å². The van der Waals surface area contributed by atoms with Gasteiger partial charge in [-0.25, -0.2) is 4.39 Å². The fourth-order valence-corrected chi connectivity index (χ4v) is 3.00. The van der Waals surface area contributed by atoms with Crippen molar-refractivity contribution in [3.8, 4) is 0 Å². The average molecular weight is 512 g/mol. The highest BCUT2D eigenvalue weighted by Crippen LogP contribution is 2.36. The van der Waals surface area contributed by atoms with Crippen molar-refractivity contribution in [2.45, 2.75) is 71.8 Å². The van der Waals surface area contributed by atoms with Crippen LogP contribution in [0.15, 0.2) is 41.8 Å². The van der Waals surface area contributed by atoms with E-state index < -0.39 is 35.2 Å². The summed E-state index contributed by atoms with van der Waals surface area (Å²) in [6, 6.07) is 1.41. The smallest absolute Gasteiger partial charge is 0.377 e. The summed E-state index contributed by atoms with van der Waals surface area (Å²) in [6.45, 7) is 5.57. The summed E-state index contributed by atoms with van der Waals surface area (Å²) in [7, 11) is 0. The molecule has 0 saturated carbocycles. The standard InChI is InChI=1S/C25H32F7NO2/c1-17(2)15-33-23(34)22(26)18(3)10-8-6-4-5-7-9-11-35-16-19-12-20(24(27,28)29)14-21(13-19)25(30,31)32/h8,10,12-14,17H,4-7,9,11,15-16H2,1-3H3,(H,33,34). The maximum Gasteiger partial charge on any atom is 0.416 e. The van der Waals surface area contributed by atoms with Crippen LogP contribution < -0.4 is 5.32 Å². The highest BCUT2D eigenvalue weighted by Gasteiger charge is 2.36. The minimum Gasteiger partial charge on any atom is -0.377 e. The Hall–Kier alpha value is -2.36. The summed E-state index contributed by atoms with van der Waals surface area (Å²) in [6.07, 6.45) is -2.81. The number of halogens is 7. The summed E-state index contributed by atoms with van der Waals surface area (Å²) in [5, 5.41) is 2.51. The van der Waals surface area contributed by atoms with Crippen molar-refractivity contribution >= 4 is 5.91 Å². The van der Waals surface area contributed by atoms with Gasteiger partial charge in [0.15, 0.2) is 5.83 Å². The summed E-state index contributed by atoms with van der Waals surface area (Å²) in [4.78, 5) is 11.7. The van der Waals surface area contributed by atoms with Crippen LogP contribution in [-0.4, -0.2) is 19.1 Å². The third-order valence-electron chi connectivity index (χ3n) is 4.91. The van der Waals surface area contributed by atoms with Gasteiger partial charge in [-0.3, -0.25) is 4.79 Å². The van der Waals surface area contributed by atoms with Crippen LogP contribution in [0.3, 0.4) is 0 Å². The van der Waals surface area contributed by atoms with Crippen molar-refractivity contribution < 1.29 is 40.3 Å². The summed E-state index contributed by atoms with van der Waals surface area (Å²) >= 11 is 0. The quantitative estimate of drug-likeness (QED) is 0.127. The molecule has 0 fully saturated rings. The second kappa shape index (κ2) is 14.3. The number of nitrogens with one attached hydrogen (secondary N) is 1. The Labute approximate surface area is 201 Å². The minimum absolute atomic E-state index is 0.0885. The topological polar surface area (TPSA) is 38.3 Å². The molecule has 0 heterocycles. The van der Waals surface area contributed by atoms with Crippen molar-refractivity contribution in [3.63, 3.8) is 0 Å². The predicted octanol–water partition coefficient (Wildman–Crippen LogP) is 7.76. The number of ether oxygens (including phenoxy) is 1. The molecule has 1 aromatic rings. The van der Waals surface area contributed by atoms with Crippen molar-refractivity contribution in [2.75, 3.05) is 13.2 Å². The molecule has 0 unspecified atom stereocenters. The van der Waals surface area contributed by atoms with Crippen LogP contribution in [0.5, 0.6) is 0 Å². The molecule has 1 rings (SSSR count). The number of carbonyl (C=O) groups is 1. The second-order valence-electron chi connectivity index (χ2n) is 8.67. The van der Waals surface area contributed by atoms with E-state index in [1.165, 1.54) is 6.92 Å².